The monoisotopic (exact) mass is 263 g/mol. The summed E-state index contributed by atoms with van der Waals surface area (Å²) in [6.07, 6.45) is 8.07. The van der Waals surface area contributed by atoms with Crippen molar-refractivity contribution in [3.63, 3.8) is 0 Å². The molecule has 4 nitrogen and oxygen atoms in total. The van der Waals surface area contributed by atoms with Crippen LogP contribution in [0.25, 0.3) is 0 Å². The first-order chi connectivity index (χ1) is 9.27. The first-order valence-corrected chi connectivity index (χ1v) is 7.37. The maximum absolute atomic E-state index is 12.5. The van der Waals surface area contributed by atoms with E-state index in [0.29, 0.717) is 6.54 Å². The summed E-state index contributed by atoms with van der Waals surface area (Å²) in [4.78, 5) is 12.5. The summed E-state index contributed by atoms with van der Waals surface area (Å²) in [5.41, 5.74) is -0.128. The first-order valence-electron chi connectivity index (χ1n) is 7.37. The fourth-order valence-electron chi connectivity index (χ4n) is 2.98. The zero-order valence-corrected chi connectivity index (χ0v) is 11.8. The standard InChI is InChI=1S/C15H25N3O/c1-2-5-15(6-8-16-9-7-15)14(19)17-10-13-18-11-3-4-12-18/h3-4,11-12,16H,2,5-10,13H2,1H3,(H,17,19). The molecule has 2 N–H and O–H groups in total. The van der Waals surface area contributed by atoms with E-state index in [1.54, 1.807) is 0 Å². The smallest absolute Gasteiger partial charge is 0.226 e. The van der Waals surface area contributed by atoms with Crippen molar-refractivity contribution >= 4 is 5.91 Å². The SMILES string of the molecule is CCCC1(C(=O)NCCn2cccc2)CCNCC1. The van der Waals surface area contributed by atoms with Crippen molar-refractivity contribution in [3.05, 3.63) is 24.5 Å². The Morgan fingerprint density at radius 3 is 2.63 bits per heavy atom. The number of piperidine rings is 1. The molecular formula is C15H25N3O. The molecule has 0 saturated carbocycles. The van der Waals surface area contributed by atoms with Crippen molar-refractivity contribution in [2.24, 2.45) is 5.41 Å². The van der Waals surface area contributed by atoms with Gasteiger partial charge in [-0.25, -0.2) is 0 Å². The van der Waals surface area contributed by atoms with Crippen LogP contribution in [0.2, 0.25) is 0 Å². The normalized spacial score (nSPS) is 18.2. The Hall–Kier alpha value is -1.29. The Morgan fingerprint density at radius 1 is 1.32 bits per heavy atom. The zero-order chi connectivity index (χ0) is 13.6. The molecule has 0 atom stereocenters. The zero-order valence-electron chi connectivity index (χ0n) is 11.8. The molecule has 1 aromatic heterocycles. The largest absolute Gasteiger partial charge is 0.354 e. The Balaban J connectivity index is 1.85. The molecule has 19 heavy (non-hydrogen) atoms. The Bertz CT molecular complexity index is 375. The van der Waals surface area contributed by atoms with E-state index < -0.39 is 0 Å². The van der Waals surface area contributed by atoms with Gasteiger partial charge >= 0.3 is 0 Å². The van der Waals surface area contributed by atoms with Gasteiger partial charge < -0.3 is 15.2 Å². The number of nitrogens with zero attached hydrogens (tertiary/aromatic N) is 1. The summed E-state index contributed by atoms with van der Waals surface area (Å²) in [7, 11) is 0. The van der Waals surface area contributed by atoms with Gasteiger partial charge in [0.05, 0.1) is 5.41 Å². The highest BCUT2D eigenvalue weighted by Crippen LogP contribution is 2.34. The molecule has 0 radical (unpaired) electrons. The molecule has 4 heteroatoms. The number of rotatable bonds is 6. The molecule has 1 aliphatic rings. The topological polar surface area (TPSA) is 46.1 Å². The molecule has 1 saturated heterocycles. The van der Waals surface area contributed by atoms with Crippen molar-refractivity contribution in [1.82, 2.24) is 15.2 Å². The molecule has 1 amide bonds. The molecule has 2 heterocycles. The average Bonchev–Trinajstić information content (AvgIpc) is 2.93. The molecule has 0 spiro atoms. The predicted octanol–water partition coefficient (Wildman–Crippen LogP) is 1.77. The third-order valence-corrected chi connectivity index (χ3v) is 4.09. The average molecular weight is 263 g/mol. The maximum Gasteiger partial charge on any atom is 0.226 e. The number of carbonyl (C=O) groups excluding carboxylic acids is 1. The van der Waals surface area contributed by atoms with Crippen molar-refractivity contribution in [2.75, 3.05) is 19.6 Å². The van der Waals surface area contributed by atoms with E-state index in [-0.39, 0.29) is 11.3 Å². The Morgan fingerprint density at radius 2 is 2.00 bits per heavy atom. The minimum absolute atomic E-state index is 0.128. The maximum atomic E-state index is 12.5. The van der Waals surface area contributed by atoms with Gasteiger partial charge in [0, 0.05) is 25.5 Å². The van der Waals surface area contributed by atoms with Crippen LogP contribution in [0.15, 0.2) is 24.5 Å². The van der Waals surface area contributed by atoms with Crippen molar-refractivity contribution in [1.29, 1.82) is 0 Å². The highest BCUT2D eigenvalue weighted by Gasteiger charge is 2.38. The van der Waals surface area contributed by atoms with Crippen LogP contribution >= 0.6 is 0 Å². The summed E-state index contributed by atoms with van der Waals surface area (Å²) in [5, 5.41) is 6.48. The second-order valence-corrected chi connectivity index (χ2v) is 5.46. The number of hydrogen-bond donors (Lipinski definition) is 2. The van der Waals surface area contributed by atoms with E-state index in [0.717, 1.165) is 45.3 Å². The highest BCUT2D eigenvalue weighted by molar-refractivity contribution is 5.82. The second kappa shape index (κ2) is 6.75. The van der Waals surface area contributed by atoms with Crippen LogP contribution in [0, 0.1) is 5.41 Å². The number of hydrogen-bond acceptors (Lipinski definition) is 2. The molecule has 0 bridgehead atoms. The van der Waals surface area contributed by atoms with E-state index in [1.807, 2.05) is 24.5 Å². The molecule has 0 aromatic carbocycles. The summed E-state index contributed by atoms with van der Waals surface area (Å²) >= 11 is 0. The molecule has 1 fully saturated rings. The molecule has 2 rings (SSSR count). The molecular weight excluding hydrogens is 238 g/mol. The van der Waals surface area contributed by atoms with Crippen LogP contribution in [0.4, 0.5) is 0 Å². The van der Waals surface area contributed by atoms with Gasteiger partial charge in [-0.05, 0) is 44.5 Å². The van der Waals surface area contributed by atoms with Crippen LogP contribution in [0.3, 0.4) is 0 Å². The van der Waals surface area contributed by atoms with Crippen molar-refractivity contribution < 1.29 is 4.79 Å². The third-order valence-electron chi connectivity index (χ3n) is 4.09. The lowest BCUT2D eigenvalue weighted by Crippen LogP contribution is -2.48. The van der Waals surface area contributed by atoms with Crippen molar-refractivity contribution in [2.45, 2.75) is 39.2 Å². The van der Waals surface area contributed by atoms with E-state index in [9.17, 15) is 4.79 Å². The predicted molar refractivity (Wildman–Crippen MR) is 76.9 cm³/mol. The fraction of sp³-hybridized carbons (Fsp3) is 0.667. The lowest BCUT2D eigenvalue weighted by atomic mass is 9.74. The summed E-state index contributed by atoms with van der Waals surface area (Å²) in [5.74, 6) is 0.253. The lowest BCUT2D eigenvalue weighted by molar-refractivity contribution is -0.133. The first kappa shape index (κ1) is 14.1. The highest BCUT2D eigenvalue weighted by atomic mass is 16.2. The van der Waals surface area contributed by atoms with Gasteiger partial charge in [0.25, 0.3) is 0 Å². The molecule has 106 valence electrons. The van der Waals surface area contributed by atoms with Gasteiger partial charge in [0.15, 0.2) is 0 Å². The number of amides is 1. The van der Waals surface area contributed by atoms with Gasteiger partial charge in [-0.15, -0.1) is 0 Å². The number of nitrogens with one attached hydrogen (secondary N) is 2. The quantitative estimate of drug-likeness (QED) is 0.821. The van der Waals surface area contributed by atoms with Gasteiger partial charge in [-0.3, -0.25) is 4.79 Å². The van der Waals surface area contributed by atoms with E-state index in [1.165, 1.54) is 0 Å². The second-order valence-electron chi connectivity index (χ2n) is 5.46. The van der Waals surface area contributed by atoms with Gasteiger partial charge in [0.1, 0.15) is 0 Å². The van der Waals surface area contributed by atoms with Crippen LogP contribution in [-0.2, 0) is 11.3 Å². The molecule has 0 aliphatic carbocycles. The van der Waals surface area contributed by atoms with E-state index in [4.69, 9.17) is 0 Å². The van der Waals surface area contributed by atoms with Gasteiger partial charge in [-0.2, -0.15) is 0 Å². The van der Waals surface area contributed by atoms with Crippen LogP contribution in [0.1, 0.15) is 32.6 Å². The minimum Gasteiger partial charge on any atom is -0.354 e. The van der Waals surface area contributed by atoms with Crippen LogP contribution < -0.4 is 10.6 Å². The van der Waals surface area contributed by atoms with E-state index >= 15 is 0 Å². The minimum atomic E-state index is -0.128. The van der Waals surface area contributed by atoms with Gasteiger partial charge in [0.2, 0.25) is 5.91 Å². The fourth-order valence-corrected chi connectivity index (χ4v) is 2.98. The lowest BCUT2D eigenvalue weighted by Gasteiger charge is -2.36. The Kier molecular flexibility index (Phi) is 5.02. The van der Waals surface area contributed by atoms with Crippen LogP contribution in [0.5, 0.6) is 0 Å². The molecule has 1 aromatic rings. The van der Waals surface area contributed by atoms with Crippen LogP contribution in [-0.4, -0.2) is 30.1 Å². The summed E-state index contributed by atoms with van der Waals surface area (Å²) < 4.78 is 2.09. The molecule has 1 aliphatic heterocycles. The summed E-state index contributed by atoms with van der Waals surface area (Å²) in [6, 6.07) is 4.01. The Labute approximate surface area is 115 Å². The van der Waals surface area contributed by atoms with Crippen molar-refractivity contribution in [3.8, 4) is 0 Å². The summed E-state index contributed by atoms with van der Waals surface area (Å²) in [6.45, 7) is 5.65. The number of carbonyl (C=O) groups is 1. The third kappa shape index (κ3) is 3.60. The molecule has 0 unspecified atom stereocenters. The number of aromatic nitrogens is 1. The van der Waals surface area contributed by atoms with E-state index in [2.05, 4.69) is 22.1 Å². The van der Waals surface area contributed by atoms with Gasteiger partial charge in [-0.1, -0.05) is 13.3 Å².